The van der Waals surface area contributed by atoms with E-state index in [1.54, 1.807) is 6.92 Å². The van der Waals surface area contributed by atoms with E-state index in [4.69, 9.17) is 11.2 Å². The summed E-state index contributed by atoms with van der Waals surface area (Å²) in [6.07, 6.45) is 5.24. The lowest BCUT2D eigenvalue weighted by atomic mass is 9.96. The lowest BCUT2D eigenvalue weighted by Crippen LogP contribution is -2.31. The van der Waals surface area contributed by atoms with Crippen molar-refractivity contribution in [2.75, 3.05) is 13.2 Å². The van der Waals surface area contributed by atoms with Gasteiger partial charge in [0.1, 0.15) is 6.04 Å². The van der Waals surface area contributed by atoms with Crippen LogP contribution in [0.25, 0.3) is 0 Å². The highest BCUT2D eigenvalue weighted by molar-refractivity contribution is 5.78. The van der Waals surface area contributed by atoms with Crippen molar-refractivity contribution >= 4 is 5.97 Å². The van der Waals surface area contributed by atoms with Gasteiger partial charge < -0.3 is 4.74 Å². The highest BCUT2D eigenvalue weighted by Crippen LogP contribution is 2.23. The minimum atomic E-state index is -0.498. The summed E-state index contributed by atoms with van der Waals surface area (Å²) >= 11 is 0. The highest BCUT2D eigenvalue weighted by atomic mass is 16.5. The normalized spacial score (nSPS) is 11.7. The lowest BCUT2D eigenvalue weighted by molar-refractivity contribution is -0.145. The van der Waals surface area contributed by atoms with Gasteiger partial charge in [-0.05, 0) is 37.5 Å². The van der Waals surface area contributed by atoms with E-state index in [0.29, 0.717) is 13.2 Å². The van der Waals surface area contributed by atoms with Crippen LogP contribution in [0, 0.1) is 26.2 Å². The Balaban J connectivity index is 3.09. The zero-order valence-corrected chi connectivity index (χ0v) is 11.1. The van der Waals surface area contributed by atoms with Gasteiger partial charge in [0.05, 0.1) is 13.2 Å². The first-order valence-corrected chi connectivity index (χ1v) is 6.01. The van der Waals surface area contributed by atoms with Gasteiger partial charge in [0, 0.05) is 0 Å². The Bertz CT molecular complexity index is 440. The van der Waals surface area contributed by atoms with E-state index in [0.717, 1.165) is 16.7 Å². The smallest absolute Gasteiger partial charge is 0.327 e. The van der Waals surface area contributed by atoms with Gasteiger partial charge in [0.2, 0.25) is 0 Å². The molecule has 0 bridgehead atoms. The van der Waals surface area contributed by atoms with Crippen molar-refractivity contribution in [2.24, 2.45) is 0 Å². The van der Waals surface area contributed by atoms with Gasteiger partial charge in [-0.1, -0.05) is 24.1 Å². The topological polar surface area (TPSA) is 38.3 Å². The van der Waals surface area contributed by atoms with Crippen molar-refractivity contribution in [3.8, 4) is 12.3 Å². The van der Waals surface area contributed by atoms with Crippen LogP contribution in [0.15, 0.2) is 18.2 Å². The van der Waals surface area contributed by atoms with Gasteiger partial charge in [-0.25, -0.2) is 4.79 Å². The Labute approximate surface area is 109 Å². The van der Waals surface area contributed by atoms with Gasteiger partial charge in [-0.2, -0.15) is 0 Å². The van der Waals surface area contributed by atoms with Crippen LogP contribution in [0.2, 0.25) is 0 Å². The first-order valence-electron chi connectivity index (χ1n) is 6.01. The summed E-state index contributed by atoms with van der Waals surface area (Å²) in [6.45, 7) is 6.44. The number of benzene rings is 1. The molecule has 18 heavy (non-hydrogen) atoms. The molecule has 3 nitrogen and oxygen atoms in total. The Morgan fingerprint density at radius 3 is 2.56 bits per heavy atom. The number of carbonyl (C=O) groups is 1. The average Bonchev–Trinajstić information content (AvgIpc) is 2.33. The fourth-order valence-corrected chi connectivity index (χ4v) is 1.97. The molecule has 3 heteroatoms. The second-order valence-electron chi connectivity index (χ2n) is 4.08. The molecule has 0 spiro atoms. The monoisotopic (exact) mass is 245 g/mol. The second-order valence-corrected chi connectivity index (χ2v) is 4.08. The fraction of sp³-hybridized carbons (Fsp3) is 0.400. The quantitative estimate of drug-likeness (QED) is 0.638. The highest BCUT2D eigenvalue weighted by Gasteiger charge is 2.24. The van der Waals surface area contributed by atoms with E-state index in [2.05, 4.69) is 11.2 Å². The maximum atomic E-state index is 12.0. The molecule has 1 atom stereocenters. The van der Waals surface area contributed by atoms with Crippen LogP contribution < -0.4 is 5.32 Å². The molecule has 0 amide bonds. The maximum Gasteiger partial charge on any atom is 0.327 e. The van der Waals surface area contributed by atoms with Crippen LogP contribution in [0.3, 0.4) is 0 Å². The fourth-order valence-electron chi connectivity index (χ4n) is 1.97. The summed E-state index contributed by atoms with van der Waals surface area (Å²) < 4.78 is 5.10. The van der Waals surface area contributed by atoms with Crippen LogP contribution in [0.5, 0.6) is 0 Å². The number of aryl methyl sites for hydroxylation is 2. The molecule has 1 aromatic rings. The Morgan fingerprint density at radius 1 is 1.44 bits per heavy atom. The Hall–Kier alpha value is -1.79. The standard InChI is InChI=1S/C15H19NO2/c1-5-10-16-14(15(17)18-6-2)13-11(3)8-7-9-12(13)4/h1,7-9,14,16H,6,10H2,2-4H3. The number of carbonyl (C=O) groups excluding carboxylic acids is 1. The average molecular weight is 245 g/mol. The molecule has 0 aliphatic carbocycles. The van der Waals surface area contributed by atoms with E-state index >= 15 is 0 Å². The van der Waals surface area contributed by atoms with Crippen molar-refractivity contribution in [3.05, 3.63) is 34.9 Å². The summed E-state index contributed by atoms with van der Waals surface area (Å²) in [4.78, 5) is 12.0. The first kappa shape index (κ1) is 14.3. The third-order valence-corrected chi connectivity index (χ3v) is 2.76. The van der Waals surface area contributed by atoms with Crippen LogP contribution >= 0.6 is 0 Å². The number of rotatable bonds is 5. The van der Waals surface area contributed by atoms with Crippen LogP contribution in [-0.4, -0.2) is 19.1 Å². The largest absolute Gasteiger partial charge is 0.465 e. The van der Waals surface area contributed by atoms with Gasteiger partial charge in [0.15, 0.2) is 0 Å². The molecule has 1 rings (SSSR count). The van der Waals surface area contributed by atoms with E-state index in [1.807, 2.05) is 32.0 Å². The SMILES string of the molecule is C#CCNC(C(=O)OCC)c1c(C)cccc1C. The predicted molar refractivity (Wildman–Crippen MR) is 72.1 cm³/mol. The van der Waals surface area contributed by atoms with Gasteiger partial charge in [0.25, 0.3) is 0 Å². The third-order valence-electron chi connectivity index (χ3n) is 2.76. The zero-order valence-electron chi connectivity index (χ0n) is 11.1. The number of terminal acetylenes is 1. The molecule has 0 aromatic heterocycles. The van der Waals surface area contributed by atoms with Gasteiger partial charge in [-0.15, -0.1) is 6.42 Å². The molecule has 0 radical (unpaired) electrons. The molecule has 0 aliphatic rings. The number of hydrogen-bond donors (Lipinski definition) is 1. The minimum absolute atomic E-state index is 0.287. The molecule has 0 saturated carbocycles. The molecule has 1 aromatic carbocycles. The van der Waals surface area contributed by atoms with E-state index in [-0.39, 0.29) is 5.97 Å². The predicted octanol–water partition coefficient (Wildman–Crippen LogP) is 2.13. The van der Waals surface area contributed by atoms with Gasteiger partial charge >= 0.3 is 5.97 Å². The van der Waals surface area contributed by atoms with E-state index < -0.39 is 6.04 Å². The number of ether oxygens (including phenoxy) is 1. The second kappa shape index (κ2) is 6.83. The maximum absolute atomic E-state index is 12.0. The molecule has 0 saturated heterocycles. The first-order chi connectivity index (χ1) is 8.61. The molecule has 96 valence electrons. The molecule has 1 N–H and O–H groups in total. The summed E-state index contributed by atoms with van der Waals surface area (Å²) in [6, 6.07) is 5.43. The minimum Gasteiger partial charge on any atom is -0.465 e. The third kappa shape index (κ3) is 3.35. The van der Waals surface area contributed by atoms with E-state index in [1.165, 1.54) is 0 Å². The van der Waals surface area contributed by atoms with Crippen molar-refractivity contribution < 1.29 is 9.53 Å². The molecule has 0 heterocycles. The van der Waals surface area contributed by atoms with Crippen molar-refractivity contribution in [1.82, 2.24) is 5.32 Å². The number of hydrogen-bond acceptors (Lipinski definition) is 3. The molecule has 0 fully saturated rings. The van der Waals surface area contributed by atoms with Crippen molar-refractivity contribution in [2.45, 2.75) is 26.8 Å². The van der Waals surface area contributed by atoms with Gasteiger partial charge in [-0.3, -0.25) is 5.32 Å². The molecule has 1 unspecified atom stereocenters. The summed E-state index contributed by atoms with van der Waals surface area (Å²) in [7, 11) is 0. The number of nitrogens with one attached hydrogen (secondary N) is 1. The van der Waals surface area contributed by atoms with Crippen LogP contribution in [-0.2, 0) is 9.53 Å². The lowest BCUT2D eigenvalue weighted by Gasteiger charge is -2.20. The Kier molecular flexibility index (Phi) is 5.41. The number of esters is 1. The summed E-state index contributed by atoms with van der Waals surface area (Å²) in [5, 5.41) is 3.04. The summed E-state index contributed by atoms with van der Waals surface area (Å²) in [5.74, 6) is 2.20. The van der Waals surface area contributed by atoms with Crippen LogP contribution in [0.4, 0.5) is 0 Å². The molecular weight excluding hydrogens is 226 g/mol. The summed E-state index contributed by atoms with van der Waals surface area (Å²) in [5.41, 5.74) is 3.06. The zero-order chi connectivity index (χ0) is 13.5. The van der Waals surface area contributed by atoms with Crippen molar-refractivity contribution in [3.63, 3.8) is 0 Å². The molecule has 0 aliphatic heterocycles. The van der Waals surface area contributed by atoms with E-state index in [9.17, 15) is 4.79 Å². The molecular formula is C15H19NO2. The Morgan fingerprint density at radius 2 is 2.06 bits per heavy atom. The van der Waals surface area contributed by atoms with Crippen molar-refractivity contribution in [1.29, 1.82) is 0 Å². The van der Waals surface area contributed by atoms with Crippen LogP contribution in [0.1, 0.15) is 29.7 Å².